The molecule has 2 aromatic heterocycles. The van der Waals surface area contributed by atoms with Crippen molar-refractivity contribution in [2.45, 2.75) is 13.3 Å². The number of nitrogens with one attached hydrogen (secondary N) is 3. The van der Waals surface area contributed by atoms with Crippen molar-refractivity contribution in [1.82, 2.24) is 25.5 Å². The number of fused-ring (bicyclic) bond motifs is 1. The van der Waals surface area contributed by atoms with Crippen LogP contribution in [0.2, 0.25) is 0 Å². The first-order valence-electron chi connectivity index (χ1n) is 6.41. The fourth-order valence-corrected chi connectivity index (χ4v) is 2.29. The molecular formula is C14H17N5. The van der Waals surface area contributed by atoms with Gasteiger partial charge in [0.1, 0.15) is 0 Å². The van der Waals surface area contributed by atoms with Crippen LogP contribution in [0.1, 0.15) is 11.3 Å². The van der Waals surface area contributed by atoms with E-state index < -0.39 is 0 Å². The second-order valence-corrected chi connectivity index (χ2v) is 4.66. The summed E-state index contributed by atoms with van der Waals surface area (Å²) in [5.41, 5.74) is 6.55. The SMILES string of the molecule is CNCCc1[nH]nc(-c2ccc3nc[nH]c3c2)c1C. The van der Waals surface area contributed by atoms with Crippen molar-refractivity contribution in [1.29, 1.82) is 0 Å². The summed E-state index contributed by atoms with van der Waals surface area (Å²) in [4.78, 5) is 7.36. The van der Waals surface area contributed by atoms with Gasteiger partial charge in [-0.3, -0.25) is 5.10 Å². The number of aromatic amines is 2. The minimum Gasteiger partial charge on any atom is -0.345 e. The number of rotatable bonds is 4. The predicted molar refractivity (Wildman–Crippen MR) is 76.0 cm³/mol. The van der Waals surface area contributed by atoms with Gasteiger partial charge in [0.2, 0.25) is 0 Å². The molecule has 0 unspecified atom stereocenters. The van der Waals surface area contributed by atoms with Gasteiger partial charge in [0.05, 0.1) is 23.1 Å². The lowest BCUT2D eigenvalue weighted by atomic mass is 10.1. The highest BCUT2D eigenvalue weighted by atomic mass is 15.1. The standard InChI is InChI=1S/C14H17N5/c1-9-11(5-6-15-2)18-19-14(9)10-3-4-12-13(7-10)17-8-16-12/h3-4,7-8,15H,5-6H2,1-2H3,(H,16,17)(H,18,19). The molecule has 5 heteroatoms. The average molecular weight is 255 g/mol. The monoisotopic (exact) mass is 255 g/mol. The van der Waals surface area contributed by atoms with Crippen LogP contribution in [0.3, 0.4) is 0 Å². The number of aromatic nitrogens is 4. The van der Waals surface area contributed by atoms with Crippen LogP contribution < -0.4 is 5.32 Å². The van der Waals surface area contributed by atoms with Crippen LogP contribution in [-0.2, 0) is 6.42 Å². The van der Waals surface area contributed by atoms with Crippen LogP contribution in [-0.4, -0.2) is 33.8 Å². The van der Waals surface area contributed by atoms with Gasteiger partial charge >= 0.3 is 0 Å². The molecule has 0 saturated heterocycles. The molecule has 2 heterocycles. The van der Waals surface area contributed by atoms with Gasteiger partial charge in [0.25, 0.3) is 0 Å². The molecule has 19 heavy (non-hydrogen) atoms. The number of H-pyrrole nitrogens is 2. The Bertz CT molecular complexity index is 695. The first-order valence-corrected chi connectivity index (χ1v) is 6.41. The molecule has 0 amide bonds. The predicted octanol–water partition coefficient (Wildman–Crippen LogP) is 2.02. The Morgan fingerprint density at radius 3 is 3.05 bits per heavy atom. The molecule has 3 rings (SSSR count). The van der Waals surface area contributed by atoms with Crippen molar-refractivity contribution in [3.05, 3.63) is 35.8 Å². The Labute approximate surface area is 111 Å². The van der Waals surface area contributed by atoms with Gasteiger partial charge in [-0.15, -0.1) is 0 Å². The molecule has 98 valence electrons. The average Bonchev–Trinajstić information content (AvgIpc) is 3.02. The third-order valence-electron chi connectivity index (χ3n) is 3.43. The summed E-state index contributed by atoms with van der Waals surface area (Å²) in [6.45, 7) is 3.06. The van der Waals surface area contributed by atoms with Gasteiger partial charge in [-0.25, -0.2) is 4.98 Å². The smallest absolute Gasteiger partial charge is 0.0953 e. The van der Waals surface area contributed by atoms with Gasteiger partial charge in [-0.2, -0.15) is 5.10 Å². The van der Waals surface area contributed by atoms with E-state index in [1.165, 1.54) is 11.3 Å². The molecule has 0 aliphatic heterocycles. The van der Waals surface area contributed by atoms with Gasteiger partial charge in [0, 0.05) is 24.2 Å². The fraction of sp³-hybridized carbons (Fsp3) is 0.286. The summed E-state index contributed by atoms with van der Waals surface area (Å²) >= 11 is 0. The van der Waals surface area contributed by atoms with Crippen LogP contribution in [0.15, 0.2) is 24.5 Å². The van der Waals surface area contributed by atoms with E-state index in [0.29, 0.717) is 0 Å². The van der Waals surface area contributed by atoms with Crippen LogP contribution in [0.5, 0.6) is 0 Å². The highest BCUT2D eigenvalue weighted by Crippen LogP contribution is 2.25. The number of likely N-dealkylation sites (N-methyl/N-ethyl adjacent to an activating group) is 1. The first-order chi connectivity index (χ1) is 9.29. The van der Waals surface area contributed by atoms with E-state index in [1.54, 1.807) is 6.33 Å². The summed E-state index contributed by atoms with van der Waals surface area (Å²) in [6.07, 6.45) is 2.67. The maximum atomic E-state index is 4.44. The normalized spacial score (nSPS) is 11.3. The van der Waals surface area contributed by atoms with E-state index in [9.17, 15) is 0 Å². The van der Waals surface area contributed by atoms with E-state index in [4.69, 9.17) is 0 Å². The van der Waals surface area contributed by atoms with Gasteiger partial charge in [-0.05, 0) is 31.7 Å². The number of imidazole rings is 1. The van der Waals surface area contributed by atoms with Crippen molar-refractivity contribution < 1.29 is 0 Å². The molecule has 0 radical (unpaired) electrons. The zero-order valence-corrected chi connectivity index (χ0v) is 11.1. The van der Waals surface area contributed by atoms with Crippen molar-refractivity contribution in [2.24, 2.45) is 0 Å². The van der Waals surface area contributed by atoms with Crippen LogP contribution in [0, 0.1) is 6.92 Å². The van der Waals surface area contributed by atoms with Crippen LogP contribution in [0.4, 0.5) is 0 Å². The Hall–Kier alpha value is -2.14. The molecule has 0 aliphatic carbocycles. The van der Waals surface area contributed by atoms with Crippen LogP contribution in [0.25, 0.3) is 22.3 Å². The van der Waals surface area contributed by atoms with Crippen molar-refractivity contribution in [3.63, 3.8) is 0 Å². The molecule has 1 aromatic carbocycles. The number of hydrogen-bond acceptors (Lipinski definition) is 3. The van der Waals surface area contributed by atoms with Gasteiger partial charge in [0.15, 0.2) is 0 Å². The van der Waals surface area contributed by atoms with Crippen LogP contribution >= 0.6 is 0 Å². The Balaban J connectivity index is 1.98. The third kappa shape index (κ3) is 2.13. The summed E-state index contributed by atoms with van der Waals surface area (Å²) in [6, 6.07) is 6.17. The number of nitrogens with zero attached hydrogens (tertiary/aromatic N) is 2. The van der Waals surface area contributed by atoms with E-state index >= 15 is 0 Å². The topological polar surface area (TPSA) is 69.4 Å². The summed E-state index contributed by atoms with van der Waals surface area (Å²) < 4.78 is 0. The summed E-state index contributed by atoms with van der Waals surface area (Å²) in [7, 11) is 1.96. The molecular weight excluding hydrogens is 238 g/mol. The fourth-order valence-electron chi connectivity index (χ4n) is 2.29. The Morgan fingerprint density at radius 2 is 2.21 bits per heavy atom. The van der Waals surface area contributed by atoms with E-state index in [1.807, 2.05) is 13.1 Å². The lowest BCUT2D eigenvalue weighted by Gasteiger charge is -2.01. The van der Waals surface area contributed by atoms with Gasteiger partial charge < -0.3 is 10.3 Å². The lowest BCUT2D eigenvalue weighted by Crippen LogP contribution is -2.11. The molecule has 0 fully saturated rings. The number of benzene rings is 1. The van der Waals surface area contributed by atoms with E-state index in [2.05, 4.69) is 44.5 Å². The highest BCUT2D eigenvalue weighted by molar-refractivity contribution is 5.81. The zero-order chi connectivity index (χ0) is 13.2. The summed E-state index contributed by atoms with van der Waals surface area (Å²) in [5.74, 6) is 0. The second kappa shape index (κ2) is 4.85. The van der Waals surface area contributed by atoms with Crippen molar-refractivity contribution in [3.8, 4) is 11.3 Å². The maximum absolute atomic E-state index is 4.44. The van der Waals surface area contributed by atoms with E-state index in [-0.39, 0.29) is 0 Å². The molecule has 0 spiro atoms. The largest absolute Gasteiger partial charge is 0.345 e. The van der Waals surface area contributed by atoms with Crippen molar-refractivity contribution >= 4 is 11.0 Å². The highest BCUT2D eigenvalue weighted by Gasteiger charge is 2.11. The summed E-state index contributed by atoms with van der Waals surface area (Å²) in [5, 5.41) is 10.7. The molecule has 0 saturated carbocycles. The molecule has 0 atom stereocenters. The van der Waals surface area contributed by atoms with E-state index in [0.717, 1.165) is 35.3 Å². The van der Waals surface area contributed by atoms with Crippen molar-refractivity contribution in [2.75, 3.05) is 13.6 Å². The molecule has 5 nitrogen and oxygen atoms in total. The maximum Gasteiger partial charge on any atom is 0.0953 e. The molecule has 3 aromatic rings. The molecule has 0 aliphatic rings. The Kier molecular flexibility index (Phi) is 3.05. The third-order valence-corrected chi connectivity index (χ3v) is 3.43. The van der Waals surface area contributed by atoms with Gasteiger partial charge in [-0.1, -0.05) is 6.07 Å². The first kappa shape index (κ1) is 11.9. The quantitative estimate of drug-likeness (QED) is 0.668. The zero-order valence-electron chi connectivity index (χ0n) is 11.1. The minimum absolute atomic E-state index is 0.946. The second-order valence-electron chi connectivity index (χ2n) is 4.66. The Morgan fingerprint density at radius 1 is 1.32 bits per heavy atom. The minimum atomic E-state index is 0.946. The molecule has 3 N–H and O–H groups in total. The molecule has 0 bridgehead atoms. The lowest BCUT2D eigenvalue weighted by molar-refractivity contribution is 0.769. The number of hydrogen-bond donors (Lipinski definition) is 3.